The van der Waals surface area contributed by atoms with Crippen LogP contribution in [-0.2, 0) is 11.2 Å². The molecule has 152 valence electrons. The first-order valence-corrected chi connectivity index (χ1v) is 10.0. The highest BCUT2D eigenvalue weighted by atomic mass is 16.5. The van der Waals surface area contributed by atoms with E-state index >= 15 is 0 Å². The lowest BCUT2D eigenvalue weighted by Gasteiger charge is -2.38. The minimum absolute atomic E-state index is 0.0453. The molecule has 1 aromatic carbocycles. The normalized spacial score (nSPS) is 20.8. The van der Waals surface area contributed by atoms with Crippen LogP contribution < -0.4 is 10.1 Å². The fourth-order valence-corrected chi connectivity index (χ4v) is 3.66. The number of nitrogens with one attached hydrogen (secondary N) is 1. The number of piperidine rings is 1. The topological polar surface area (TPSA) is 80.5 Å². The second kappa shape index (κ2) is 9.19. The molecule has 0 radical (unpaired) electrons. The van der Waals surface area contributed by atoms with Crippen LogP contribution in [0.1, 0.15) is 45.9 Å². The van der Waals surface area contributed by atoms with Crippen molar-refractivity contribution in [3.8, 4) is 17.2 Å². The van der Waals surface area contributed by atoms with Crippen molar-refractivity contribution in [2.75, 3.05) is 13.7 Å². The molecule has 1 saturated heterocycles. The third-order valence-electron chi connectivity index (χ3n) is 5.39. The van der Waals surface area contributed by atoms with E-state index in [0.717, 1.165) is 18.4 Å². The summed E-state index contributed by atoms with van der Waals surface area (Å²) in [6, 6.07) is 8.22. The van der Waals surface area contributed by atoms with Crippen molar-refractivity contribution in [2.45, 2.75) is 64.6 Å². The van der Waals surface area contributed by atoms with Crippen molar-refractivity contribution in [2.24, 2.45) is 0 Å². The molecule has 2 aromatic rings. The van der Waals surface area contributed by atoms with Crippen LogP contribution in [0.25, 0.3) is 11.5 Å². The molecule has 1 aromatic heterocycles. The van der Waals surface area contributed by atoms with Gasteiger partial charge in [-0.15, -0.1) is 0 Å². The van der Waals surface area contributed by atoms with E-state index in [1.54, 1.807) is 0 Å². The van der Waals surface area contributed by atoms with Gasteiger partial charge in [0.25, 0.3) is 11.8 Å². The zero-order valence-corrected chi connectivity index (χ0v) is 17.1. The number of ether oxygens (including phenoxy) is 1. The number of hydrogen-bond acceptors (Lipinski definition) is 6. The van der Waals surface area contributed by atoms with E-state index < -0.39 is 0 Å². The highest BCUT2D eigenvalue weighted by molar-refractivity contribution is 5.78. The van der Waals surface area contributed by atoms with Crippen molar-refractivity contribution >= 4 is 5.91 Å². The lowest BCUT2D eigenvalue weighted by molar-refractivity contribution is -0.139. The van der Waals surface area contributed by atoms with Gasteiger partial charge in [-0.1, -0.05) is 5.16 Å². The third-order valence-corrected chi connectivity index (χ3v) is 5.39. The van der Waals surface area contributed by atoms with Gasteiger partial charge in [0.1, 0.15) is 5.75 Å². The van der Waals surface area contributed by atoms with Crippen molar-refractivity contribution < 1.29 is 14.1 Å². The summed E-state index contributed by atoms with van der Waals surface area (Å²) < 4.78 is 11.1. The molecule has 7 nitrogen and oxygen atoms in total. The molecule has 3 rings (SSSR count). The number of hydrogen-bond donors (Lipinski definition) is 1. The number of aromatic nitrogens is 2. The first kappa shape index (κ1) is 20.3. The molecule has 0 spiro atoms. The minimum atomic E-state index is 0.0453. The molecule has 1 amide bonds. The van der Waals surface area contributed by atoms with Gasteiger partial charge in [-0.05, 0) is 71.3 Å². The Morgan fingerprint density at radius 2 is 1.96 bits per heavy atom. The standard InChI is InChI=1S/C21H30N4O3/c1-14(22-4)12-19-23-21(28-24-19)17-8-10-18(11-9-17)27-13-20(26)25-15(2)6-5-7-16(25)3/h8-11,14-16,22H,5-7,12-13H2,1-4H3. The predicted octanol–water partition coefficient (Wildman–Crippen LogP) is 3.06. The van der Waals surface area contributed by atoms with E-state index in [9.17, 15) is 4.79 Å². The van der Waals surface area contributed by atoms with Crippen LogP contribution in [0.15, 0.2) is 28.8 Å². The van der Waals surface area contributed by atoms with Gasteiger partial charge in [-0.25, -0.2) is 0 Å². The van der Waals surface area contributed by atoms with Crippen LogP contribution >= 0.6 is 0 Å². The fraction of sp³-hybridized carbons (Fsp3) is 0.571. The summed E-state index contributed by atoms with van der Waals surface area (Å²) in [7, 11) is 1.90. The summed E-state index contributed by atoms with van der Waals surface area (Å²) in [6.45, 7) is 6.34. The SMILES string of the molecule is CNC(C)Cc1noc(-c2ccc(OCC(=O)N3C(C)CCCC3C)cc2)n1. The lowest BCUT2D eigenvalue weighted by Crippen LogP contribution is -2.49. The molecule has 2 heterocycles. The number of rotatable bonds is 7. The number of likely N-dealkylation sites (N-methyl/N-ethyl adjacent to an activating group) is 1. The van der Waals surface area contributed by atoms with Crippen LogP contribution in [0.3, 0.4) is 0 Å². The number of carbonyl (C=O) groups excluding carboxylic acids is 1. The van der Waals surface area contributed by atoms with Gasteiger partial charge in [0.05, 0.1) is 0 Å². The maximum Gasteiger partial charge on any atom is 0.260 e. The zero-order chi connectivity index (χ0) is 20.1. The third kappa shape index (κ3) is 4.90. The number of likely N-dealkylation sites (tertiary alicyclic amines) is 1. The van der Waals surface area contributed by atoms with Crippen molar-refractivity contribution in [1.29, 1.82) is 0 Å². The summed E-state index contributed by atoms with van der Waals surface area (Å²) in [5.41, 5.74) is 0.827. The van der Waals surface area contributed by atoms with Gasteiger partial charge in [-0.2, -0.15) is 4.98 Å². The molecular formula is C21H30N4O3. The van der Waals surface area contributed by atoms with Crippen molar-refractivity contribution in [3.05, 3.63) is 30.1 Å². The zero-order valence-electron chi connectivity index (χ0n) is 17.1. The molecule has 0 aliphatic carbocycles. The summed E-state index contributed by atoms with van der Waals surface area (Å²) >= 11 is 0. The molecule has 3 unspecified atom stereocenters. The molecule has 0 bridgehead atoms. The quantitative estimate of drug-likeness (QED) is 0.788. The Balaban J connectivity index is 1.56. The van der Waals surface area contributed by atoms with E-state index in [2.05, 4.69) is 36.2 Å². The van der Waals surface area contributed by atoms with E-state index in [1.165, 1.54) is 6.42 Å². The molecule has 7 heteroatoms. The van der Waals surface area contributed by atoms with Crippen LogP contribution in [0.2, 0.25) is 0 Å². The Labute approximate surface area is 166 Å². The Kier molecular flexibility index (Phi) is 6.67. The number of nitrogens with zero attached hydrogens (tertiary/aromatic N) is 3. The average molecular weight is 386 g/mol. The second-order valence-corrected chi connectivity index (χ2v) is 7.65. The summed E-state index contributed by atoms with van der Waals surface area (Å²) in [5.74, 6) is 1.85. The van der Waals surface area contributed by atoms with E-state index in [0.29, 0.717) is 23.9 Å². The summed E-state index contributed by atoms with van der Waals surface area (Å²) in [6.07, 6.45) is 4.00. The summed E-state index contributed by atoms with van der Waals surface area (Å²) in [5, 5.41) is 7.17. The molecule has 1 aliphatic heterocycles. The first-order chi connectivity index (χ1) is 13.5. The Bertz CT molecular complexity index is 764. The molecular weight excluding hydrogens is 356 g/mol. The van der Waals surface area contributed by atoms with Crippen LogP contribution in [0.4, 0.5) is 0 Å². The molecule has 1 N–H and O–H groups in total. The molecule has 1 aliphatic rings. The number of amides is 1. The minimum Gasteiger partial charge on any atom is -0.484 e. The second-order valence-electron chi connectivity index (χ2n) is 7.65. The highest BCUT2D eigenvalue weighted by Gasteiger charge is 2.28. The van der Waals surface area contributed by atoms with Crippen LogP contribution in [-0.4, -0.2) is 52.7 Å². The largest absolute Gasteiger partial charge is 0.484 e. The van der Waals surface area contributed by atoms with Crippen LogP contribution in [0.5, 0.6) is 5.75 Å². The lowest BCUT2D eigenvalue weighted by atomic mass is 9.97. The maximum atomic E-state index is 12.6. The molecule has 3 atom stereocenters. The molecule has 28 heavy (non-hydrogen) atoms. The first-order valence-electron chi connectivity index (χ1n) is 10.0. The number of benzene rings is 1. The Morgan fingerprint density at radius 1 is 1.29 bits per heavy atom. The highest BCUT2D eigenvalue weighted by Crippen LogP contribution is 2.24. The Morgan fingerprint density at radius 3 is 2.61 bits per heavy atom. The van der Waals surface area contributed by atoms with Crippen LogP contribution in [0, 0.1) is 0 Å². The van der Waals surface area contributed by atoms with Crippen molar-refractivity contribution in [1.82, 2.24) is 20.4 Å². The van der Waals surface area contributed by atoms with E-state index in [1.807, 2.05) is 36.2 Å². The average Bonchev–Trinajstić information content (AvgIpc) is 3.15. The van der Waals surface area contributed by atoms with Gasteiger partial charge < -0.3 is 19.5 Å². The smallest absolute Gasteiger partial charge is 0.260 e. The van der Waals surface area contributed by atoms with E-state index in [-0.39, 0.29) is 30.6 Å². The summed E-state index contributed by atoms with van der Waals surface area (Å²) in [4.78, 5) is 19.0. The van der Waals surface area contributed by atoms with Gasteiger partial charge in [-0.3, -0.25) is 4.79 Å². The van der Waals surface area contributed by atoms with Gasteiger partial charge in [0.2, 0.25) is 0 Å². The number of carbonyl (C=O) groups is 1. The molecule has 0 saturated carbocycles. The van der Waals surface area contributed by atoms with Gasteiger partial charge >= 0.3 is 0 Å². The fourth-order valence-electron chi connectivity index (χ4n) is 3.66. The van der Waals surface area contributed by atoms with Crippen molar-refractivity contribution in [3.63, 3.8) is 0 Å². The predicted molar refractivity (Wildman–Crippen MR) is 107 cm³/mol. The van der Waals surface area contributed by atoms with E-state index in [4.69, 9.17) is 9.26 Å². The Hall–Kier alpha value is -2.41. The maximum absolute atomic E-state index is 12.6. The van der Waals surface area contributed by atoms with Gasteiger partial charge in [0.15, 0.2) is 12.4 Å². The van der Waals surface area contributed by atoms with Gasteiger partial charge in [0, 0.05) is 30.1 Å². The monoisotopic (exact) mass is 386 g/mol. The molecule has 1 fully saturated rings.